The summed E-state index contributed by atoms with van der Waals surface area (Å²) in [7, 11) is 0. The molecule has 14 heavy (non-hydrogen) atoms. The Labute approximate surface area is 84.3 Å². The fourth-order valence-corrected chi connectivity index (χ4v) is 1.30. The van der Waals surface area contributed by atoms with Crippen LogP contribution in [0.2, 0.25) is 0 Å². The van der Waals surface area contributed by atoms with Crippen molar-refractivity contribution in [2.45, 2.75) is 38.9 Å². The molecular weight excluding hydrogens is 179 g/mol. The molecule has 0 fully saturated rings. The Hall–Kier alpha value is -0.960. The summed E-state index contributed by atoms with van der Waals surface area (Å²) in [6.45, 7) is 4.94. The first-order valence-electron chi connectivity index (χ1n) is 4.79. The first-order valence-corrected chi connectivity index (χ1v) is 4.79. The van der Waals surface area contributed by atoms with E-state index in [1.165, 1.54) is 13.8 Å². The number of rotatable bonds is 3. The van der Waals surface area contributed by atoms with Crippen molar-refractivity contribution in [1.82, 2.24) is 4.98 Å². The largest absolute Gasteiger partial charge is 0.328 e. The summed E-state index contributed by atoms with van der Waals surface area (Å²) in [5.41, 5.74) is 5.79. The molecule has 0 aliphatic rings. The highest BCUT2D eigenvalue weighted by Crippen LogP contribution is 2.22. The van der Waals surface area contributed by atoms with Gasteiger partial charge in [-0.2, -0.15) is 0 Å². The summed E-state index contributed by atoms with van der Waals surface area (Å²) in [4.78, 5) is 4.00. The number of hydrogen-bond acceptors (Lipinski definition) is 2. The summed E-state index contributed by atoms with van der Waals surface area (Å²) in [5, 5.41) is 0. The highest BCUT2D eigenvalue weighted by Gasteiger charge is 2.20. The maximum atomic E-state index is 13.5. The van der Waals surface area contributed by atoms with Crippen LogP contribution >= 0.6 is 0 Å². The molecule has 1 aromatic heterocycles. The minimum atomic E-state index is -1.38. The standard InChI is InChI=1S/C11H17FN2/c1-8(13)6-9-4-5-14-10(7-9)11(2,3)12/h4-5,7-8H,6,13H2,1-3H3. The minimum Gasteiger partial charge on any atom is -0.328 e. The predicted octanol–water partition coefficient (Wildman–Crippen LogP) is 2.18. The van der Waals surface area contributed by atoms with Gasteiger partial charge >= 0.3 is 0 Å². The van der Waals surface area contributed by atoms with Crippen LogP contribution in [0.15, 0.2) is 18.3 Å². The van der Waals surface area contributed by atoms with E-state index in [1.54, 1.807) is 12.3 Å². The van der Waals surface area contributed by atoms with Gasteiger partial charge in [-0.25, -0.2) is 4.39 Å². The molecule has 0 bridgehead atoms. The second-order valence-corrected chi connectivity index (χ2v) is 4.20. The summed E-state index contributed by atoms with van der Waals surface area (Å²) < 4.78 is 13.5. The van der Waals surface area contributed by atoms with Crippen LogP contribution < -0.4 is 5.73 Å². The lowest BCUT2D eigenvalue weighted by Crippen LogP contribution is -2.19. The van der Waals surface area contributed by atoms with E-state index in [4.69, 9.17) is 5.73 Å². The van der Waals surface area contributed by atoms with Crippen molar-refractivity contribution in [3.8, 4) is 0 Å². The summed E-state index contributed by atoms with van der Waals surface area (Å²) in [6, 6.07) is 3.75. The number of aromatic nitrogens is 1. The van der Waals surface area contributed by atoms with Crippen LogP contribution in [0.5, 0.6) is 0 Å². The van der Waals surface area contributed by atoms with Crippen molar-refractivity contribution in [2.75, 3.05) is 0 Å². The Balaban J connectivity index is 2.90. The Bertz CT molecular complexity index is 302. The van der Waals surface area contributed by atoms with Gasteiger partial charge in [0.1, 0.15) is 5.67 Å². The Morgan fingerprint density at radius 2 is 2.21 bits per heavy atom. The molecule has 1 heterocycles. The van der Waals surface area contributed by atoms with E-state index in [0.29, 0.717) is 5.69 Å². The SMILES string of the molecule is CC(N)Cc1ccnc(C(C)(C)F)c1. The third-order valence-electron chi connectivity index (χ3n) is 1.99. The molecule has 1 unspecified atom stereocenters. The van der Waals surface area contributed by atoms with Crippen LogP contribution in [-0.2, 0) is 12.1 Å². The van der Waals surface area contributed by atoms with Gasteiger partial charge in [-0.3, -0.25) is 4.98 Å². The molecule has 78 valence electrons. The lowest BCUT2D eigenvalue weighted by Gasteiger charge is -2.14. The van der Waals surface area contributed by atoms with Gasteiger partial charge in [0.2, 0.25) is 0 Å². The molecule has 0 amide bonds. The lowest BCUT2D eigenvalue weighted by atomic mass is 10.0. The van der Waals surface area contributed by atoms with Gasteiger partial charge in [-0.1, -0.05) is 0 Å². The Kier molecular flexibility index (Phi) is 3.21. The zero-order chi connectivity index (χ0) is 10.8. The second kappa shape index (κ2) is 4.05. The van der Waals surface area contributed by atoms with E-state index in [2.05, 4.69) is 4.98 Å². The zero-order valence-corrected chi connectivity index (χ0v) is 8.92. The molecular formula is C11H17FN2. The van der Waals surface area contributed by atoms with E-state index in [9.17, 15) is 4.39 Å². The molecule has 0 saturated heterocycles. The normalized spacial score (nSPS) is 14.1. The van der Waals surface area contributed by atoms with E-state index in [0.717, 1.165) is 12.0 Å². The average Bonchev–Trinajstić information content (AvgIpc) is 2.01. The van der Waals surface area contributed by atoms with Crippen molar-refractivity contribution >= 4 is 0 Å². The molecule has 1 rings (SSSR count). The van der Waals surface area contributed by atoms with Crippen molar-refractivity contribution in [3.63, 3.8) is 0 Å². The van der Waals surface area contributed by atoms with Crippen LogP contribution in [0.1, 0.15) is 32.0 Å². The van der Waals surface area contributed by atoms with Gasteiger partial charge in [-0.05, 0) is 44.9 Å². The Morgan fingerprint density at radius 3 is 2.71 bits per heavy atom. The van der Waals surface area contributed by atoms with Crippen LogP contribution in [0, 0.1) is 0 Å². The zero-order valence-electron chi connectivity index (χ0n) is 8.92. The first kappa shape index (κ1) is 11.1. The van der Waals surface area contributed by atoms with Gasteiger partial charge in [0.25, 0.3) is 0 Å². The lowest BCUT2D eigenvalue weighted by molar-refractivity contribution is 0.214. The number of pyridine rings is 1. The molecule has 0 radical (unpaired) electrons. The van der Waals surface area contributed by atoms with Crippen molar-refractivity contribution < 1.29 is 4.39 Å². The number of alkyl halides is 1. The molecule has 2 nitrogen and oxygen atoms in total. The first-order chi connectivity index (χ1) is 6.39. The number of halogens is 1. The minimum absolute atomic E-state index is 0.0907. The topological polar surface area (TPSA) is 38.9 Å². The Morgan fingerprint density at radius 1 is 1.57 bits per heavy atom. The number of nitrogens with zero attached hydrogens (tertiary/aromatic N) is 1. The van der Waals surface area contributed by atoms with E-state index < -0.39 is 5.67 Å². The molecule has 1 aromatic rings. The quantitative estimate of drug-likeness (QED) is 0.804. The van der Waals surface area contributed by atoms with Crippen LogP contribution in [-0.4, -0.2) is 11.0 Å². The highest BCUT2D eigenvalue weighted by molar-refractivity contribution is 5.20. The van der Waals surface area contributed by atoms with Crippen molar-refractivity contribution in [1.29, 1.82) is 0 Å². The van der Waals surface area contributed by atoms with Crippen LogP contribution in [0.25, 0.3) is 0 Å². The van der Waals surface area contributed by atoms with Gasteiger partial charge in [-0.15, -0.1) is 0 Å². The maximum absolute atomic E-state index is 13.5. The van der Waals surface area contributed by atoms with Gasteiger partial charge in [0, 0.05) is 12.2 Å². The van der Waals surface area contributed by atoms with Crippen LogP contribution in [0.4, 0.5) is 4.39 Å². The van der Waals surface area contributed by atoms with E-state index in [1.807, 2.05) is 13.0 Å². The molecule has 2 N–H and O–H groups in total. The monoisotopic (exact) mass is 196 g/mol. The van der Waals surface area contributed by atoms with E-state index >= 15 is 0 Å². The van der Waals surface area contributed by atoms with E-state index in [-0.39, 0.29) is 6.04 Å². The molecule has 0 aromatic carbocycles. The van der Waals surface area contributed by atoms with Gasteiger partial charge in [0.05, 0.1) is 5.69 Å². The van der Waals surface area contributed by atoms with Crippen molar-refractivity contribution in [3.05, 3.63) is 29.6 Å². The molecule has 1 atom stereocenters. The van der Waals surface area contributed by atoms with Crippen LogP contribution in [0.3, 0.4) is 0 Å². The average molecular weight is 196 g/mol. The maximum Gasteiger partial charge on any atom is 0.147 e. The van der Waals surface area contributed by atoms with Crippen molar-refractivity contribution in [2.24, 2.45) is 5.73 Å². The fraction of sp³-hybridized carbons (Fsp3) is 0.545. The molecule has 0 spiro atoms. The molecule has 0 saturated carbocycles. The second-order valence-electron chi connectivity index (χ2n) is 4.20. The summed E-state index contributed by atoms with van der Waals surface area (Å²) in [5.74, 6) is 0. The van der Waals surface area contributed by atoms with Gasteiger partial charge in [0.15, 0.2) is 0 Å². The third-order valence-corrected chi connectivity index (χ3v) is 1.99. The predicted molar refractivity (Wildman–Crippen MR) is 55.7 cm³/mol. The number of hydrogen-bond donors (Lipinski definition) is 1. The third kappa shape index (κ3) is 3.07. The fourth-order valence-electron chi connectivity index (χ4n) is 1.30. The summed E-state index contributed by atoms with van der Waals surface area (Å²) in [6.07, 6.45) is 2.39. The molecule has 0 aliphatic heterocycles. The van der Waals surface area contributed by atoms with Gasteiger partial charge < -0.3 is 5.73 Å². The number of nitrogens with two attached hydrogens (primary N) is 1. The highest BCUT2D eigenvalue weighted by atomic mass is 19.1. The molecule has 0 aliphatic carbocycles. The summed E-state index contributed by atoms with van der Waals surface area (Å²) >= 11 is 0. The molecule has 3 heteroatoms. The smallest absolute Gasteiger partial charge is 0.147 e.